The van der Waals surface area contributed by atoms with Crippen LogP contribution in [-0.4, -0.2) is 41.7 Å². The van der Waals surface area contributed by atoms with Crippen molar-refractivity contribution in [1.29, 1.82) is 0 Å². The van der Waals surface area contributed by atoms with Crippen LogP contribution in [0.1, 0.15) is 26.5 Å². The summed E-state index contributed by atoms with van der Waals surface area (Å²) in [7, 11) is 1.70. The number of ether oxygens (including phenoxy) is 1. The van der Waals surface area contributed by atoms with Gasteiger partial charge in [0, 0.05) is 32.4 Å². The Morgan fingerprint density at radius 3 is 2.67 bits per heavy atom. The average molecular weight is 251 g/mol. The molecule has 1 heterocycles. The highest BCUT2D eigenvalue weighted by Gasteiger charge is 2.27. The van der Waals surface area contributed by atoms with E-state index in [1.165, 1.54) is 0 Å². The van der Waals surface area contributed by atoms with Crippen LogP contribution in [0.15, 0.2) is 24.4 Å². The van der Waals surface area contributed by atoms with Gasteiger partial charge in [-0.3, -0.25) is 9.88 Å². The Bertz CT molecular complexity index is 340. The first-order valence-electron chi connectivity index (χ1n) is 6.42. The molecule has 1 aromatic rings. The van der Waals surface area contributed by atoms with Crippen molar-refractivity contribution in [3.63, 3.8) is 0 Å². The lowest BCUT2D eigenvalue weighted by atomic mass is 9.99. The largest absolute Gasteiger partial charge is 0.377 e. The predicted molar refractivity (Wildman–Crippen MR) is 74.3 cm³/mol. The van der Waals surface area contributed by atoms with Gasteiger partial charge in [-0.15, -0.1) is 0 Å². The zero-order valence-corrected chi connectivity index (χ0v) is 11.9. The summed E-state index contributed by atoms with van der Waals surface area (Å²) < 4.78 is 5.43. The van der Waals surface area contributed by atoms with Gasteiger partial charge >= 0.3 is 0 Å². The van der Waals surface area contributed by atoms with Crippen molar-refractivity contribution in [3.8, 4) is 0 Å². The molecule has 0 saturated carbocycles. The summed E-state index contributed by atoms with van der Waals surface area (Å²) in [5, 5.41) is 0. The van der Waals surface area contributed by atoms with Crippen LogP contribution in [0.4, 0.5) is 0 Å². The number of likely N-dealkylation sites (N-methyl/N-ethyl adjacent to an activating group) is 1. The zero-order chi connectivity index (χ0) is 13.6. The minimum absolute atomic E-state index is 0.0221. The molecule has 18 heavy (non-hydrogen) atoms. The van der Waals surface area contributed by atoms with E-state index in [2.05, 4.69) is 16.8 Å². The van der Waals surface area contributed by atoms with Crippen LogP contribution in [0.25, 0.3) is 0 Å². The van der Waals surface area contributed by atoms with Crippen molar-refractivity contribution >= 4 is 0 Å². The highest BCUT2D eigenvalue weighted by molar-refractivity contribution is 5.03. The van der Waals surface area contributed by atoms with E-state index < -0.39 is 0 Å². The van der Waals surface area contributed by atoms with E-state index in [1.54, 1.807) is 7.11 Å². The van der Waals surface area contributed by atoms with Gasteiger partial charge in [-0.2, -0.15) is 0 Å². The first-order chi connectivity index (χ1) is 8.49. The lowest BCUT2D eigenvalue weighted by Gasteiger charge is -2.34. The van der Waals surface area contributed by atoms with E-state index in [4.69, 9.17) is 10.5 Å². The Balaban J connectivity index is 2.57. The number of rotatable bonds is 7. The Morgan fingerprint density at radius 2 is 2.17 bits per heavy atom. The molecule has 0 aliphatic carbocycles. The third-order valence-electron chi connectivity index (χ3n) is 3.43. The predicted octanol–water partition coefficient (Wildman–Crippen LogP) is 1.66. The topological polar surface area (TPSA) is 51.4 Å². The van der Waals surface area contributed by atoms with E-state index in [9.17, 15) is 0 Å². The van der Waals surface area contributed by atoms with Gasteiger partial charge in [0.05, 0.1) is 11.3 Å². The number of nitrogens with zero attached hydrogens (tertiary/aromatic N) is 2. The highest BCUT2D eigenvalue weighted by atomic mass is 16.5. The summed E-state index contributed by atoms with van der Waals surface area (Å²) in [6, 6.07) is 5.95. The quantitative estimate of drug-likeness (QED) is 0.800. The number of pyridine rings is 1. The van der Waals surface area contributed by atoms with Crippen molar-refractivity contribution in [2.45, 2.75) is 39.0 Å². The van der Waals surface area contributed by atoms with E-state index in [0.717, 1.165) is 25.3 Å². The Morgan fingerprint density at radius 1 is 1.44 bits per heavy atom. The molecule has 0 fully saturated rings. The first-order valence-corrected chi connectivity index (χ1v) is 6.42. The van der Waals surface area contributed by atoms with Gasteiger partial charge in [0.2, 0.25) is 0 Å². The maximum absolute atomic E-state index is 6.21. The van der Waals surface area contributed by atoms with Crippen LogP contribution in [0, 0.1) is 0 Å². The van der Waals surface area contributed by atoms with Crippen LogP contribution >= 0.6 is 0 Å². The van der Waals surface area contributed by atoms with Crippen LogP contribution < -0.4 is 5.73 Å². The summed E-state index contributed by atoms with van der Waals surface area (Å²) >= 11 is 0. The van der Waals surface area contributed by atoms with Crippen molar-refractivity contribution in [3.05, 3.63) is 30.1 Å². The lowest BCUT2D eigenvalue weighted by Crippen LogP contribution is -2.51. The summed E-state index contributed by atoms with van der Waals surface area (Å²) in [4.78, 5) is 6.63. The maximum atomic E-state index is 6.21. The van der Waals surface area contributed by atoms with Crippen LogP contribution in [0.3, 0.4) is 0 Å². The van der Waals surface area contributed by atoms with E-state index in [-0.39, 0.29) is 11.6 Å². The standard InChI is InChI=1S/C14H25N3O/c1-5-17(10-12-8-6-7-9-16-12)11-13(15)14(2,3)18-4/h6-9,13H,5,10-11,15H2,1-4H3. The van der Waals surface area contributed by atoms with Crippen molar-refractivity contribution < 1.29 is 4.74 Å². The molecule has 2 N–H and O–H groups in total. The molecule has 1 unspecified atom stereocenters. The van der Waals surface area contributed by atoms with Gasteiger partial charge in [-0.05, 0) is 32.5 Å². The Labute approximate surface area is 110 Å². The minimum atomic E-state index is -0.308. The molecule has 0 aromatic carbocycles. The molecule has 0 bridgehead atoms. The minimum Gasteiger partial charge on any atom is -0.377 e. The molecular weight excluding hydrogens is 226 g/mol. The summed E-state index contributed by atoms with van der Waals surface area (Å²) in [5.41, 5.74) is 6.97. The molecule has 102 valence electrons. The highest BCUT2D eigenvalue weighted by Crippen LogP contribution is 2.13. The molecular formula is C14H25N3O. The number of methoxy groups -OCH3 is 1. The fraction of sp³-hybridized carbons (Fsp3) is 0.643. The second kappa shape index (κ2) is 6.83. The molecule has 4 nitrogen and oxygen atoms in total. The average Bonchev–Trinajstić information content (AvgIpc) is 2.38. The molecule has 4 heteroatoms. The SMILES string of the molecule is CCN(Cc1ccccn1)CC(N)C(C)(C)OC. The fourth-order valence-electron chi connectivity index (χ4n) is 1.68. The molecule has 0 amide bonds. The summed E-state index contributed by atoms with van der Waals surface area (Å²) in [6.07, 6.45) is 1.82. The Kier molecular flexibility index (Phi) is 5.72. The smallest absolute Gasteiger partial charge is 0.0785 e. The number of aromatic nitrogens is 1. The van der Waals surface area contributed by atoms with Crippen molar-refractivity contribution in [2.75, 3.05) is 20.2 Å². The van der Waals surface area contributed by atoms with Gasteiger partial charge < -0.3 is 10.5 Å². The summed E-state index contributed by atoms with van der Waals surface area (Å²) in [5.74, 6) is 0. The zero-order valence-electron chi connectivity index (χ0n) is 11.9. The third-order valence-corrected chi connectivity index (χ3v) is 3.43. The molecule has 1 rings (SSSR count). The second-order valence-corrected chi connectivity index (χ2v) is 5.06. The van der Waals surface area contributed by atoms with Gasteiger partial charge in [-0.1, -0.05) is 13.0 Å². The van der Waals surface area contributed by atoms with Crippen molar-refractivity contribution in [1.82, 2.24) is 9.88 Å². The monoisotopic (exact) mass is 251 g/mol. The first kappa shape index (κ1) is 15.1. The molecule has 0 aliphatic heterocycles. The summed E-state index contributed by atoms with van der Waals surface area (Å²) in [6.45, 7) is 8.75. The lowest BCUT2D eigenvalue weighted by molar-refractivity contribution is -0.00890. The molecule has 0 spiro atoms. The molecule has 0 radical (unpaired) electrons. The molecule has 1 atom stereocenters. The van der Waals surface area contributed by atoms with Crippen LogP contribution in [-0.2, 0) is 11.3 Å². The molecule has 0 saturated heterocycles. The maximum Gasteiger partial charge on any atom is 0.0785 e. The number of nitrogens with two attached hydrogens (primary N) is 1. The van der Waals surface area contributed by atoms with Crippen molar-refractivity contribution in [2.24, 2.45) is 5.73 Å². The second-order valence-electron chi connectivity index (χ2n) is 5.06. The van der Waals surface area contributed by atoms with E-state index >= 15 is 0 Å². The van der Waals surface area contributed by atoms with Gasteiger partial charge in [0.1, 0.15) is 0 Å². The molecule has 1 aromatic heterocycles. The van der Waals surface area contributed by atoms with Gasteiger partial charge in [0.15, 0.2) is 0 Å². The van der Waals surface area contributed by atoms with Crippen LogP contribution in [0.2, 0.25) is 0 Å². The van der Waals surface area contributed by atoms with Crippen LogP contribution in [0.5, 0.6) is 0 Å². The number of hydrogen-bond donors (Lipinski definition) is 1. The van der Waals surface area contributed by atoms with Gasteiger partial charge in [-0.25, -0.2) is 0 Å². The third kappa shape index (κ3) is 4.37. The Hall–Kier alpha value is -0.970. The van der Waals surface area contributed by atoms with Gasteiger partial charge in [0.25, 0.3) is 0 Å². The number of hydrogen-bond acceptors (Lipinski definition) is 4. The normalized spacial score (nSPS) is 13.9. The molecule has 0 aliphatic rings. The van der Waals surface area contributed by atoms with E-state index in [0.29, 0.717) is 0 Å². The fourth-order valence-corrected chi connectivity index (χ4v) is 1.68. The van der Waals surface area contributed by atoms with E-state index in [1.807, 2.05) is 38.2 Å².